The summed E-state index contributed by atoms with van der Waals surface area (Å²) in [5.74, 6) is 3.78. The van der Waals surface area contributed by atoms with Crippen LogP contribution in [0.15, 0.2) is 36.0 Å². The first kappa shape index (κ1) is 41.7. The summed E-state index contributed by atoms with van der Waals surface area (Å²) in [6.07, 6.45) is 7.01. The molecular weight excluding hydrogens is 695 g/mol. The number of hydrogen-bond donors (Lipinski definition) is 1. The molecule has 0 spiro atoms. The Morgan fingerprint density at radius 2 is 1.77 bits per heavy atom. The molecule has 1 N–H and O–H groups in total. The van der Waals surface area contributed by atoms with E-state index in [1.54, 1.807) is 20.3 Å². The Bertz CT molecular complexity index is 1510. The predicted octanol–water partition coefficient (Wildman–Crippen LogP) is 6.66. The van der Waals surface area contributed by atoms with Gasteiger partial charge >= 0.3 is 12.1 Å². The number of esters is 1. The monoisotopic (exact) mass is 757 g/mol. The molecule has 0 unspecified atom stereocenters. The Hall–Kier alpha value is -2.50. The molecule has 0 radical (unpaired) electrons. The third kappa shape index (κ3) is 8.82. The lowest BCUT2D eigenvalue weighted by Crippen LogP contribution is -2.71. The van der Waals surface area contributed by atoms with E-state index in [1.807, 2.05) is 63.5 Å². The molecule has 12 heteroatoms. The first-order chi connectivity index (χ1) is 24.7. The highest BCUT2D eigenvalue weighted by molar-refractivity contribution is 6.79. The molecule has 4 aliphatic heterocycles. The fourth-order valence-corrected chi connectivity index (χ4v) is 10.7. The second-order valence-corrected chi connectivity index (χ2v) is 22.7. The lowest BCUT2D eigenvalue weighted by molar-refractivity contribution is -0.349. The van der Waals surface area contributed by atoms with Crippen LogP contribution in [0.25, 0.3) is 0 Å². The topological polar surface area (TPSA) is 122 Å². The number of carbonyl (C=O) groups is 2. The Kier molecular flexibility index (Phi) is 12.5. The van der Waals surface area contributed by atoms with Crippen LogP contribution in [0, 0.1) is 29.6 Å². The number of allylic oxidation sites excluding steroid dienone is 3. The van der Waals surface area contributed by atoms with Crippen molar-refractivity contribution >= 4 is 20.3 Å². The maximum Gasteiger partial charge on any atom is 0.402 e. The van der Waals surface area contributed by atoms with E-state index >= 15 is 0 Å². The molecule has 4 heterocycles. The minimum atomic E-state index is -2.39. The molecule has 1 saturated carbocycles. The fraction of sp³-hybridized carbons (Fsp3) is 0.756. The third-order valence-electron chi connectivity index (χ3n) is 12.4. The molecule has 3 saturated heterocycles. The van der Waals surface area contributed by atoms with Crippen LogP contribution in [-0.2, 0) is 38.0 Å². The van der Waals surface area contributed by atoms with E-state index in [-0.39, 0.29) is 35.5 Å². The molecule has 1 aliphatic carbocycles. The zero-order valence-corrected chi connectivity index (χ0v) is 34.8. The number of hydrogen-bond acceptors (Lipinski definition) is 10. The summed E-state index contributed by atoms with van der Waals surface area (Å²) >= 11 is 0. The number of nitrogens with zero attached hydrogens (tertiary/aromatic N) is 1. The first-order valence-electron chi connectivity index (χ1n) is 19.2. The van der Waals surface area contributed by atoms with Crippen molar-refractivity contribution in [3.63, 3.8) is 0 Å². The lowest BCUT2D eigenvalue weighted by atomic mass is 9.79. The molecule has 0 aromatic rings. The average Bonchev–Trinajstić information content (AvgIpc) is 3.83. The van der Waals surface area contributed by atoms with Gasteiger partial charge in [0.2, 0.25) is 0 Å². The Labute approximate surface area is 317 Å². The molecule has 0 aromatic heterocycles. The fourth-order valence-electron chi connectivity index (χ4n) is 8.31. The zero-order chi connectivity index (χ0) is 39.1. The maximum absolute atomic E-state index is 13.7. The number of amides is 1. The van der Waals surface area contributed by atoms with Crippen LogP contribution in [0.1, 0.15) is 87.5 Å². The van der Waals surface area contributed by atoms with Crippen LogP contribution >= 0.6 is 0 Å². The smallest absolute Gasteiger partial charge is 0.402 e. The van der Waals surface area contributed by atoms with Crippen LogP contribution < -0.4 is 0 Å². The molecular formula is C41H63NO10Si. The summed E-state index contributed by atoms with van der Waals surface area (Å²) in [5, 5.41) is 11.9. The molecule has 4 fully saturated rings. The number of aliphatic hydroxyl groups is 1. The number of rotatable bonds is 7. The molecule has 0 aromatic carbocycles. The summed E-state index contributed by atoms with van der Waals surface area (Å²) in [6.45, 7) is 20.7. The number of methoxy groups -OCH3 is 2. The number of cyclic esters (lactones) is 1. The molecule has 5 aliphatic rings. The third-order valence-corrected chi connectivity index (χ3v) is 17.8. The van der Waals surface area contributed by atoms with Crippen LogP contribution in [-0.4, -0.2) is 105 Å². The van der Waals surface area contributed by atoms with Crippen LogP contribution in [0.5, 0.6) is 0 Å². The molecule has 12 atom stereocenters. The van der Waals surface area contributed by atoms with Gasteiger partial charge in [-0.15, -0.1) is 0 Å². The first-order valence-corrected chi connectivity index (χ1v) is 22.2. The number of ether oxygens (including phenoxy) is 7. The van der Waals surface area contributed by atoms with Gasteiger partial charge in [0.1, 0.15) is 12.2 Å². The van der Waals surface area contributed by atoms with Gasteiger partial charge in [-0.05, 0) is 50.8 Å². The minimum Gasteiger partial charge on any atom is -0.458 e. The highest BCUT2D eigenvalue weighted by Gasteiger charge is 2.68. The summed E-state index contributed by atoms with van der Waals surface area (Å²) in [7, 11) is 0.828. The van der Waals surface area contributed by atoms with E-state index in [1.165, 1.54) is 12.8 Å². The van der Waals surface area contributed by atoms with Gasteiger partial charge in [-0.25, -0.2) is 4.79 Å². The van der Waals surface area contributed by atoms with Crippen molar-refractivity contribution in [1.29, 1.82) is 0 Å². The SMILES string of the molecule is CO[C@@H]1/C=C(\C)C[C@H](/C=C/C=C/C#CC2CC2)OC(=O)C[C@]2(O)C[C@H](O[C@@H]3O[C@@H](C)[C@H]4N([Si](C)(C)C(C)(C)C)C(=O)O[C@@]4(C)[C@H]3OC)[C@@H](C)[C@@H](O2)[C@@H]1C. The van der Waals surface area contributed by atoms with Crippen molar-refractivity contribution in [3.8, 4) is 11.8 Å². The summed E-state index contributed by atoms with van der Waals surface area (Å²) < 4.78 is 46.1. The standard InChI is InChI=1S/C41H63NO10Si/c1-25-21-30(18-16-14-13-15-17-29-19-20-29)49-33(43)24-41(45)23-32(27(3)34(51-41)26(2)31(22-25)46-9)50-37-36(47-10)40(8)35(28(4)48-37)42(38(44)52-40)53(11,12)39(5,6)7/h13-14,16,18,22,26-32,34-37,45H,19-21,23-24H2,1-12H3/b14-13+,18-16+,25-22+/t26-,27-,28+,30+,31-,32+,34+,35-,36+,37+,40-,41+/m1/s1. The summed E-state index contributed by atoms with van der Waals surface area (Å²) in [5.41, 5.74) is -0.0868. The van der Waals surface area contributed by atoms with E-state index in [2.05, 4.69) is 45.7 Å². The van der Waals surface area contributed by atoms with E-state index in [0.29, 0.717) is 12.3 Å². The quantitative estimate of drug-likeness (QED) is 0.0993. The Morgan fingerprint density at radius 3 is 2.40 bits per heavy atom. The number of carbonyl (C=O) groups excluding carboxylic acids is 2. The molecule has 53 heavy (non-hydrogen) atoms. The highest BCUT2D eigenvalue weighted by Crippen LogP contribution is 2.50. The van der Waals surface area contributed by atoms with Crippen molar-refractivity contribution < 1.29 is 47.9 Å². The van der Waals surface area contributed by atoms with Gasteiger partial charge in [0.15, 0.2) is 25.9 Å². The summed E-state index contributed by atoms with van der Waals surface area (Å²) in [4.78, 5) is 27.2. The lowest BCUT2D eigenvalue weighted by Gasteiger charge is -2.54. The molecule has 296 valence electrons. The average molecular weight is 758 g/mol. The molecule has 11 nitrogen and oxygen atoms in total. The van der Waals surface area contributed by atoms with Gasteiger partial charge in [-0.1, -0.05) is 83.4 Å². The van der Waals surface area contributed by atoms with Crippen LogP contribution in [0.3, 0.4) is 0 Å². The van der Waals surface area contributed by atoms with Crippen molar-refractivity contribution in [1.82, 2.24) is 4.57 Å². The number of fused-ring (bicyclic) bond motifs is 3. The van der Waals surface area contributed by atoms with Crippen LogP contribution in [0.4, 0.5) is 4.79 Å². The van der Waals surface area contributed by atoms with Gasteiger partial charge < -0.3 is 42.8 Å². The van der Waals surface area contributed by atoms with E-state index in [9.17, 15) is 14.7 Å². The zero-order valence-electron chi connectivity index (χ0n) is 33.8. The highest BCUT2D eigenvalue weighted by atomic mass is 28.3. The largest absolute Gasteiger partial charge is 0.458 e. The van der Waals surface area contributed by atoms with Crippen LogP contribution in [0.2, 0.25) is 18.1 Å². The van der Waals surface area contributed by atoms with Gasteiger partial charge in [-0.3, -0.25) is 4.79 Å². The van der Waals surface area contributed by atoms with Crippen molar-refractivity contribution in [2.75, 3.05) is 14.2 Å². The Morgan fingerprint density at radius 1 is 1.08 bits per heavy atom. The predicted molar refractivity (Wildman–Crippen MR) is 203 cm³/mol. The van der Waals surface area contributed by atoms with Gasteiger partial charge in [0, 0.05) is 44.8 Å². The second kappa shape index (κ2) is 15.9. The van der Waals surface area contributed by atoms with E-state index < -0.39 is 74.9 Å². The Balaban J connectivity index is 1.41. The summed E-state index contributed by atoms with van der Waals surface area (Å²) in [6, 6.07) is -0.400. The van der Waals surface area contributed by atoms with Crippen molar-refractivity contribution in [3.05, 3.63) is 36.0 Å². The second-order valence-electron chi connectivity index (χ2n) is 17.6. The van der Waals surface area contributed by atoms with Crippen molar-refractivity contribution in [2.45, 2.75) is 166 Å². The molecule has 1 amide bonds. The van der Waals surface area contributed by atoms with E-state index in [0.717, 1.165) is 5.57 Å². The van der Waals surface area contributed by atoms with Crippen molar-refractivity contribution in [2.24, 2.45) is 17.8 Å². The van der Waals surface area contributed by atoms with Gasteiger partial charge in [0.25, 0.3) is 0 Å². The van der Waals surface area contributed by atoms with Gasteiger partial charge in [-0.2, -0.15) is 0 Å². The molecule has 5 rings (SSSR count). The molecule has 2 bridgehead atoms. The van der Waals surface area contributed by atoms with E-state index in [4.69, 9.17) is 33.2 Å². The van der Waals surface area contributed by atoms with Gasteiger partial charge in [0.05, 0.1) is 36.9 Å². The normalized spacial score (nSPS) is 41.1. The minimum absolute atomic E-state index is 0.0252. The maximum atomic E-state index is 13.7.